The Morgan fingerprint density at radius 2 is 1.94 bits per heavy atom. The first-order valence-electron chi connectivity index (χ1n) is 11.9. The topological polar surface area (TPSA) is 86.7 Å². The van der Waals surface area contributed by atoms with E-state index >= 15 is 0 Å². The summed E-state index contributed by atoms with van der Waals surface area (Å²) in [7, 11) is 1.80. The number of halogens is 1. The average Bonchev–Trinajstić information content (AvgIpc) is 3.30. The molecular weight excluding hydrogens is 498 g/mol. The van der Waals surface area contributed by atoms with Gasteiger partial charge in [-0.25, -0.2) is 9.78 Å². The van der Waals surface area contributed by atoms with E-state index in [9.17, 15) is 14.4 Å². The van der Waals surface area contributed by atoms with Crippen LogP contribution in [0.4, 0.5) is 10.5 Å². The summed E-state index contributed by atoms with van der Waals surface area (Å²) in [6.45, 7) is 8.88. The van der Waals surface area contributed by atoms with Gasteiger partial charge in [-0.05, 0) is 37.1 Å². The zero-order valence-electron chi connectivity index (χ0n) is 21.0. The number of pyridine rings is 2. The minimum absolute atomic E-state index is 0.0744. The number of carbonyl (C=O) groups excluding carboxylic acids is 3. The molecule has 2 aliphatic rings. The fourth-order valence-electron chi connectivity index (χ4n) is 4.96. The number of imide groups is 1. The summed E-state index contributed by atoms with van der Waals surface area (Å²) in [6, 6.07) is 5.49. The lowest BCUT2D eigenvalue weighted by Gasteiger charge is -2.35. The molecule has 188 valence electrons. The summed E-state index contributed by atoms with van der Waals surface area (Å²) >= 11 is 7.87. The number of rotatable bonds is 4. The van der Waals surface area contributed by atoms with Crippen molar-refractivity contribution in [3.63, 3.8) is 0 Å². The Bertz CT molecular complexity index is 1420. The molecule has 1 atom stereocenters. The summed E-state index contributed by atoms with van der Waals surface area (Å²) < 4.78 is 0.868. The van der Waals surface area contributed by atoms with Crippen LogP contribution in [0.5, 0.6) is 0 Å². The molecule has 0 saturated carbocycles. The first-order valence-corrected chi connectivity index (χ1v) is 13.1. The second-order valence-electron chi connectivity index (χ2n) is 10.1. The number of aromatic nitrogens is 2. The highest BCUT2D eigenvalue weighted by Crippen LogP contribution is 2.42. The van der Waals surface area contributed by atoms with Crippen LogP contribution in [0.25, 0.3) is 21.5 Å². The molecule has 0 aromatic carbocycles. The molecule has 10 heteroatoms. The van der Waals surface area contributed by atoms with Gasteiger partial charge in [0, 0.05) is 42.7 Å². The molecule has 1 unspecified atom stereocenters. The van der Waals surface area contributed by atoms with Crippen LogP contribution in [0.15, 0.2) is 24.4 Å². The second-order valence-corrected chi connectivity index (χ2v) is 11.7. The summed E-state index contributed by atoms with van der Waals surface area (Å²) in [5.41, 5.74) is 3.05. The molecule has 0 aliphatic carbocycles. The van der Waals surface area contributed by atoms with Gasteiger partial charge in [-0.3, -0.25) is 24.4 Å². The van der Waals surface area contributed by atoms with E-state index in [2.05, 4.69) is 9.97 Å². The molecule has 0 radical (unpaired) electrons. The van der Waals surface area contributed by atoms with Gasteiger partial charge < -0.3 is 4.90 Å². The van der Waals surface area contributed by atoms with Crippen molar-refractivity contribution in [3.05, 3.63) is 40.0 Å². The fraction of sp³-hybridized carbons (Fsp3) is 0.423. The highest BCUT2D eigenvalue weighted by atomic mass is 35.5. The van der Waals surface area contributed by atoms with Crippen molar-refractivity contribution in [1.29, 1.82) is 0 Å². The molecule has 5 heterocycles. The van der Waals surface area contributed by atoms with Gasteiger partial charge in [0.2, 0.25) is 11.8 Å². The maximum atomic E-state index is 13.1. The molecule has 0 bridgehead atoms. The summed E-state index contributed by atoms with van der Waals surface area (Å²) in [6.07, 6.45) is 2.56. The van der Waals surface area contributed by atoms with E-state index in [0.717, 1.165) is 38.3 Å². The van der Waals surface area contributed by atoms with E-state index in [-0.39, 0.29) is 30.3 Å². The van der Waals surface area contributed by atoms with E-state index in [4.69, 9.17) is 11.6 Å². The van der Waals surface area contributed by atoms with E-state index < -0.39 is 5.41 Å². The fourth-order valence-corrected chi connectivity index (χ4v) is 6.32. The third-order valence-corrected chi connectivity index (χ3v) is 8.74. The Labute approximate surface area is 218 Å². The van der Waals surface area contributed by atoms with E-state index in [0.29, 0.717) is 23.9 Å². The van der Waals surface area contributed by atoms with Crippen molar-refractivity contribution >= 4 is 56.7 Å². The number of likely N-dealkylation sites (tertiary alicyclic amines) is 1. The number of aryl methyl sites for hydroxylation is 1. The number of nitrogens with zero attached hydrogens (tertiary/aromatic N) is 5. The summed E-state index contributed by atoms with van der Waals surface area (Å²) in [5.74, 6) is -0.681. The van der Waals surface area contributed by atoms with Gasteiger partial charge in [0.15, 0.2) is 0 Å². The monoisotopic (exact) mass is 525 g/mol. The van der Waals surface area contributed by atoms with E-state index in [1.165, 1.54) is 16.2 Å². The van der Waals surface area contributed by atoms with Crippen LogP contribution in [0.1, 0.15) is 37.6 Å². The third kappa shape index (κ3) is 3.85. The van der Waals surface area contributed by atoms with Crippen molar-refractivity contribution in [2.24, 2.45) is 11.3 Å². The molecule has 3 aromatic rings. The van der Waals surface area contributed by atoms with Crippen LogP contribution in [-0.4, -0.2) is 57.8 Å². The zero-order chi connectivity index (χ0) is 25.9. The number of hydrogen-bond acceptors (Lipinski definition) is 6. The first kappa shape index (κ1) is 24.6. The van der Waals surface area contributed by atoms with Crippen LogP contribution < -0.4 is 4.90 Å². The predicted octanol–water partition coefficient (Wildman–Crippen LogP) is 5.11. The number of fused-ring (bicyclic) bond motifs is 1. The predicted molar refractivity (Wildman–Crippen MR) is 141 cm³/mol. The third-order valence-electron chi connectivity index (χ3n) is 7.40. The molecule has 8 nitrogen and oxygen atoms in total. The lowest BCUT2D eigenvalue weighted by molar-refractivity contribution is -0.141. The maximum Gasteiger partial charge on any atom is 0.324 e. The van der Waals surface area contributed by atoms with Gasteiger partial charge in [-0.1, -0.05) is 32.4 Å². The number of thiophene rings is 1. The molecule has 0 spiro atoms. The number of urea groups is 1. The van der Waals surface area contributed by atoms with Crippen molar-refractivity contribution in [3.8, 4) is 11.3 Å². The van der Waals surface area contributed by atoms with E-state index in [1.807, 2.05) is 32.9 Å². The van der Waals surface area contributed by atoms with Crippen molar-refractivity contribution < 1.29 is 14.4 Å². The first-order chi connectivity index (χ1) is 17.0. The van der Waals surface area contributed by atoms with Gasteiger partial charge in [0.1, 0.15) is 5.15 Å². The Morgan fingerprint density at radius 3 is 2.64 bits per heavy atom. The lowest BCUT2D eigenvalue weighted by Crippen LogP contribution is -2.48. The Balaban J connectivity index is 1.60. The largest absolute Gasteiger partial charge is 0.327 e. The Hall–Kier alpha value is -3.04. The smallest absolute Gasteiger partial charge is 0.324 e. The zero-order valence-corrected chi connectivity index (χ0v) is 22.5. The minimum Gasteiger partial charge on any atom is -0.327 e. The molecule has 2 fully saturated rings. The molecule has 5 rings (SSSR count). The lowest BCUT2D eigenvalue weighted by atomic mass is 9.82. The molecule has 2 saturated heterocycles. The normalized spacial score (nSPS) is 20.2. The highest BCUT2D eigenvalue weighted by Gasteiger charge is 2.51. The standard InChI is InChI=1S/C26H28ClN5O3S/c1-14-11-19(27)29-20(21(14)31-10-6-9-30(5)25(31)35)17-7-8-28-18-12-16(36-22(17)18)13-32-23(33)15(2)26(3,4)24(32)34/h7-8,11-12,15H,6,9-10,13H2,1-5H3. The molecule has 4 amide bonds. The van der Waals surface area contributed by atoms with Crippen molar-refractivity contribution in [2.75, 3.05) is 25.0 Å². The van der Waals surface area contributed by atoms with Gasteiger partial charge in [0.25, 0.3) is 0 Å². The van der Waals surface area contributed by atoms with Gasteiger partial charge >= 0.3 is 6.03 Å². The summed E-state index contributed by atoms with van der Waals surface area (Å²) in [4.78, 5) is 53.7. The molecular formula is C26H28ClN5O3S. The Morgan fingerprint density at radius 1 is 1.19 bits per heavy atom. The van der Waals surface area contributed by atoms with Crippen LogP contribution in [0, 0.1) is 18.3 Å². The number of hydrogen-bond donors (Lipinski definition) is 0. The van der Waals surface area contributed by atoms with Crippen molar-refractivity contribution in [1.82, 2.24) is 19.8 Å². The number of anilines is 1. The van der Waals surface area contributed by atoms with Crippen molar-refractivity contribution in [2.45, 2.75) is 40.7 Å². The summed E-state index contributed by atoms with van der Waals surface area (Å²) in [5, 5.41) is 0.343. The van der Waals surface area contributed by atoms with Crippen LogP contribution in [0.2, 0.25) is 5.15 Å². The van der Waals surface area contributed by atoms with Crippen LogP contribution in [0.3, 0.4) is 0 Å². The Kier molecular flexibility index (Phi) is 6.03. The van der Waals surface area contributed by atoms with E-state index in [1.54, 1.807) is 36.0 Å². The number of carbonyl (C=O) groups is 3. The second kappa shape index (κ2) is 8.81. The maximum absolute atomic E-state index is 13.1. The van der Waals surface area contributed by atoms with Gasteiger partial charge in [-0.15, -0.1) is 11.3 Å². The minimum atomic E-state index is -0.720. The van der Waals surface area contributed by atoms with Crippen LogP contribution >= 0.6 is 22.9 Å². The van der Waals surface area contributed by atoms with Gasteiger partial charge in [-0.2, -0.15) is 0 Å². The molecule has 3 aromatic heterocycles. The number of amides is 4. The van der Waals surface area contributed by atoms with Gasteiger partial charge in [0.05, 0.1) is 33.6 Å². The average molecular weight is 526 g/mol. The molecule has 0 N–H and O–H groups in total. The SMILES string of the molecule is Cc1cc(Cl)nc(-c2ccnc3cc(CN4C(=O)C(C)C(C)(C)C4=O)sc23)c1N1CCCN(C)C1=O. The molecule has 2 aliphatic heterocycles. The quantitative estimate of drug-likeness (QED) is 0.349. The molecule has 36 heavy (non-hydrogen) atoms. The highest BCUT2D eigenvalue weighted by molar-refractivity contribution is 7.19. The van der Waals surface area contributed by atoms with Crippen LogP contribution in [-0.2, 0) is 16.1 Å².